The first-order valence-electron chi connectivity index (χ1n) is 8.74. The molecule has 4 rings (SSSR count). The summed E-state index contributed by atoms with van der Waals surface area (Å²) in [4.78, 5) is 19.2. The normalized spacial score (nSPS) is 24.0. The number of fused-ring (bicyclic) bond motifs is 2. The number of nitrogens with zero attached hydrogens (tertiary/aromatic N) is 2. The summed E-state index contributed by atoms with van der Waals surface area (Å²) in [5, 5.41) is 4.10. The van der Waals surface area contributed by atoms with Crippen molar-refractivity contribution in [2.75, 3.05) is 26.2 Å². The standard InChI is InChI=1S/C19H23N3O2/c23-18(10-15-5-1-4-14-6-2-8-20-19(14)15)21-11-17-12-22-9-3-7-16(22)13-24-17/h1-2,4-6,8,16-17H,3,7,9-13H2,(H,21,23). The van der Waals surface area contributed by atoms with E-state index in [1.165, 1.54) is 19.4 Å². The summed E-state index contributed by atoms with van der Waals surface area (Å²) in [6.45, 7) is 3.48. The van der Waals surface area contributed by atoms with Crippen LogP contribution in [0.2, 0.25) is 0 Å². The van der Waals surface area contributed by atoms with Crippen LogP contribution in [0.1, 0.15) is 18.4 Å². The maximum atomic E-state index is 12.3. The lowest BCUT2D eigenvalue weighted by atomic mass is 10.1. The van der Waals surface area contributed by atoms with Gasteiger partial charge in [-0.25, -0.2) is 0 Å². The number of amides is 1. The van der Waals surface area contributed by atoms with E-state index in [0.29, 0.717) is 19.0 Å². The topological polar surface area (TPSA) is 54.5 Å². The van der Waals surface area contributed by atoms with Gasteiger partial charge in [-0.2, -0.15) is 0 Å². The Morgan fingerprint density at radius 2 is 2.25 bits per heavy atom. The zero-order valence-electron chi connectivity index (χ0n) is 13.8. The van der Waals surface area contributed by atoms with Crippen LogP contribution < -0.4 is 5.32 Å². The molecule has 2 unspecified atom stereocenters. The number of aromatic nitrogens is 1. The first-order valence-corrected chi connectivity index (χ1v) is 8.74. The number of carbonyl (C=O) groups is 1. The summed E-state index contributed by atoms with van der Waals surface area (Å²) in [6, 6.07) is 10.5. The highest BCUT2D eigenvalue weighted by Crippen LogP contribution is 2.22. The highest BCUT2D eigenvalue weighted by molar-refractivity contribution is 5.87. The third-order valence-electron chi connectivity index (χ3n) is 5.06. The minimum absolute atomic E-state index is 0.0281. The molecule has 2 aromatic rings. The number of nitrogens with one attached hydrogen (secondary N) is 1. The second kappa shape index (κ2) is 6.87. The van der Waals surface area contributed by atoms with Gasteiger partial charge >= 0.3 is 0 Å². The number of para-hydroxylation sites is 1. The fourth-order valence-corrected chi connectivity index (χ4v) is 3.78. The summed E-state index contributed by atoms with van der Waals surface area (Å²) in [5.74, 6) is 0.0281. The lowest BCUT2D eigenvalue weighted by Crippen LogP contribution is -2.50. The van der Waals surface area contributed by atoms with Crippen molar-refractivity contribution in [3.05, 3.63) is 42.1 Å². The zero-order chi connectivity index (χ0) is 16.4. The molecule has 2 saturated heterocycles. The maximum absolute atomic E-state index is 12.3. The van der Waals surface area contributed by atoms with E-state index in [0.717, 1.165) is 29.6 Å². The lowest BCUT2D eigenvalue weighted by Gasteiger charge is -2.35. The SMILES string of the molecule is O=C(Cc1cccc2cccnc12)NCC1CN2CCCC2CO1. The van der Waals surface area contributed by atoms with Gasteiger partial charge in [0, 0.05) is 30.7 Å². The number of morpholine rings is 1. The van der Waals surface area contributed by atoms with Crippen LogP contribution in [0.4, 0.5) is 0 Å². The van der Waals surface area contributed by atoms with Gasteiger partial charge in [-0.05, 0) is 31.0 Å². The predicted molar refractivity (Wildman–Crippen MR) is 92.8 cm³/mol. The molecule has 0 radical (unpaired) electrons. The predicted octanol–water partition coefficient (Wildman–Crippen LogP) is 1.76. The second-order valence-electron chi connectivity index (χ2n) is 6.72. The molecule has 2 aliphatic heterocycles. The van der Waals surface area contributed by atoms with Crippen LogP contribution in [0.25, 0.3) is 10.9 Å². The molecule has 2 aliphatic rings. The minimum atomic E-state index is 0.0281. The van der Waals surface area contributed by atoms with Crippen LogP contribution in [0.15, 0.2) is 36.5 Å². The molecule has 126 valence electrons. The van der Waals surface area contributed by atoms with Crippen LogP contribution in [0.5, 0.6) is 0 Å². The molecule has 5 nitrogen and oxygen atoms in total. The molecule has 3 heterocycles. The number of ether oxygens (including phenoxy) is 1. The van der Waals surface area contributed by atoms with E-state index in [1.807, 2.05) is 30.3 Å². The third kappa shape index (κ3) is 3.28. The van der Waals surface area contributed by atoms with Crippen molar-refractivity contribution in [3.63, 3.8) is 0 Å². The van der Waals surface area contributed by atoms with Gasteiger partial charge in [0.05, 0.1) is 24.6 Å². The number of hydrogen-bond donors (Lipinski definition) is 1. The molecule has 1 aromatic heterocycles. The first kappa shape index (κ1) is 15.5. The van der Waals surface area contributed by atoms with E-state index in [9.17, 15) is 4.79 Å². The summed E-state index contributed by atoms with van der Waals surface area (Å²) in [6.07, 6.45) is 4.74. The largest absolute Gasteiger partial charge is 0.373 e. The van der Waals surface area contributed by atoms with Crippen molar-refractivity contribution >= 4 is 16.8 Å². The third-order valence-corrected chi connectivity index (χ3v) is 5.06. The van der Waals surface area contributed by atoms with Gasteiger partial charge in [-0.15, -0.1) is 0 Å². The van der Waals surface area contributed by atoms with Crippen molar-refractivity contribution in [2.24, 2.45) is 0 Å². The van der Waals surface area contributed by atoms with Crippen molar-refractivity contribution in [1.29, 1.82) is 0 Å². The monoisotopic (exact) mass is 325 g/mol. The first-order chi connectivity index (χ1) is 11.8. The van der Waals surface area contributed by atoms with Crippen LogP contribution in [0, 0.1) is 0 Å². The Kier molecular flexibility index (Phi) is 4.45. The van der Waals surface area contributed by atoms with Gasteiger partial charge in [0.2, 0.25) is 5.91 Å². The number of rotatable bonds is 4. The molecular formula is C19H23N3O2. The number of hydrogen-bond acceptors (Lipinski definition) is 4. The van der Waals surface area contributed by atoms with E-state index in [1.54, 1.807) is 6.20 Å². The van der Waals surface area contributed by atoms with Gasteiger partial charge in [0.1, 0.15) is 0 Å². The van der Waals surface area contributed by atoms with Crippen molar-refractivity contribution in [1.82, 2.24) is 15.2 Å². The molecule has 0 saturated carbocycles. The quantitative estimate of drug-likeness (QED) is 0.931. The minimum Gasteiger partial charge on any atom is -0.373 e. The van der Waals surface area contributed by atoms with Crippen molar-refractivity contribution in [3.8, 4) is 0 Å². The van der Waals surface area contributed by atoms with Gasteiger partial charge in [-0.1, -0.05) is 24.3 Å². The maximum Gasteiger partial charge on any atom is 0.224 e. The number of pyridine rings is 1. The van der Waals surface area contributed by atoms with Crippen LogP contribution in [-0.4, -0.2) is 54.2 Å². The summed E-state index contributed by atoms with van der Waals surface area (Å²) in [7, 11) is 0. The van der Waals surface area contributed by atoms with Crippen LogP contribution in [-0.2, 0) is 16.0 Å². The molecule has 0 bridgehead atoms. The van der Waals surface area contributed by atoms with E-state index in [2.05, 4.69) is 15.2 Å². The van der Waals surface area contributed by atoms with E-state index in [4.69, 9.17) is 4.74 Å². The molecular weight excluding hydrogens is 302 g/mol. The number of carbonyl (C=O) groups excluding carboxylic acids is 1. The van der Waals surface area contributed by atoms with E-state index >= 15 is 0 Å². The summed E-state index contributed by atoms with van der Waals surface area (Å²) < 4.78 is 5.89. The fourth-order valence-electron chi connectivity index (χ4n) is 3.78. The van der Waals surface area contributed by atoms with Crippen LogP contribution in [0.3, 0.4) is 0 Å². The zero-order valence-corrected chi connectivity index (χ0v) is 13.8. The lowest BCUT2D eigenvalue weighted by molar-refractivity contribution is -0.121. The molecule has 5 heteroatoms. The molecule has 1 aromatic carbocycles. The molecule has 0 aliphatic carbocycles. The average Bonchev–Trinajstić information content (AvgIpc) is 3.08. The Bertz CT molecular complexity index is 728. The molecule has 24 heavy (non-hydrogen) atoms. The Morgan fingerprint density at radius 3 is 3.21 bits per heavy atom. The fraction of sp³-hybridized carbons (Fsp3) is 0.474. The summed E-state index contributed by atoms with van der Waals surface area (Å²) >= 11 is 0. The highest BCUT2D eigenvalue weighted by atomic mass is 16.5. The Hall–Kier alpha value is -1.98. The molecule has 0 spiro atoms. The van der Waals surface area contributed by atoms with Gasteiger partial charge in [0.25, 0.3) is 0 Å². The Labute approximate surface area is 142 Å². The van der Waals surface area contributed by atoms with E-state index < -0.39 is 0 Å². The Morgan fingerprint density at radius 1 is 1.33 bits per heavy atom. The molecule has 2 fully saturated rings. The smallest absolute Gasteiger partial charge is 0.224 e. The van der Waals surface area contributed by atoms with Crippen LogP contribution >= 0.6 is 0 Å². The van der Waals surface area contributed by atoms with Crippen molar-refractivity contribution < 1.29 is 9.53 Å². The van der Waals surface area contributed by atoms with Gasteiger partial charge in [0.15, 0.2) is 0 Å². The summed E-state index contributed by atoms with van der Waals surface area (Å²) in [5.41, 5.74) is 1.87. The average molecular weight is 325 g/mol. The Balaban J connectivity index is 1.33. The molecule has 2 atom stereocenters. The molecule has 1 N–H and O–H groups in total. The number of benzene rings is 1. The second-order valence-corrected chi connectivity index (χ2v) is 6.72. The van der Waals surface area contributed by atoms with Gasteiger partial charge < -0.3 is 10.1 Å². The highest BCUT2D eigenvalue weighted by Gasteiger charge is 2.32. The van der Waals surface area contributed by atoms with Crippen molar-refractivity contribution in [2.45, 2.75) is 31.4 Å². The van der Waals surface area contributed by atoms with Gasteiger partial charge in [-0.3, -0.25) is 14.7 Å². The van der Waals surface area contributed by atoms with E-state index in [-0.39, 0.29) is 12.0 Å². The molecule has 1 amide bonds.